The Morgan fingerprint density at radius 1 is 1.10 bits per heavy atom. The van der Waals surface area contributed by atoms with Crippen LogP contribution in [0.15, 0.2) is 36.7 Å². The molecule has 1 aliphatic carbocycles. The molecule has 1 saturated heterocycles. The summed E-state index contributed by atoms with van der Waals surface area (Å²) in [5.41, 5.74) is 3.38. The van der Waals surface area contributed by atoms with Gasteiger partial charge in [0.1, 0.15) is 0 Å². The molecule has 0 N–H and O–H groups in total. The second-order valence-electron chi connectivity index (χ2n) is 5.76. The molecule has 0 amide bonds. The minimum Gasteiger partial charge on any atom is -0.329 e. The van der Waals surface area contributed by atoms with Crippen molar-refractivity contribution in [2.75, 3.05) is 11.5 Å². The highest BCUT2D eigenvalue weighted by atomic mass is 32.2. The van der Waals surface area contributed by atoms with Crippen molar-refractivity contribution in [2.45, 2.75) is 24.8 Å². The molecule has 2 fully saturated rings. The summed E-state index contributed by atoms with van der Waals surface area (Å²) in [5, 5.41) is 0. The van der Waals surface area contributed by atoms with Crippen molar-refractivity contribution in [2.24, 2.45) is 0 Å². The summed E-state index contributed by atoms with van der Waals surface area (Å²) >= 11 is 0. The maximum Gasteiger partial charge on any atom is 0.154 e. The van der Waals surface area contributed by atoms with Crippen LogP contribution in [0.3, 0.4) is 0 Å². The van der Waals surface area contributed by atoms with Crippen LogP contribution in [0.25, 0.3) is 11.3 Å². The normalized spacial score (nSPS) is 21.6. The zero-order chi connectivity index (χ0) is 13.7. The Morgan fingerprint density at radius 3 is 2.40 bits per heavy atom. The predicted octanol–water partition coefficient (Wildman–Crippen LogP) is 2.40. The second kappa shape index (κ2) is 4.19. The number of sulfone groups is 1. The standard InChI is InChI=1S/C15H16N2O2S/c18-20(19)8-13(9-20)17-10-16-14(15(17)12-6-7-12)11-4-2-1-3-5-11/h1-5,10,12-13H,6-9H2. The van der Waals surface area contributed by atoms with Crippen LogP contribution in [0.5, 0.6) is 0 Å². The van der Waals surface area contributed by atoms with Crippen LogP contribution in [-0.2, 0) is 9.84 Å². The first-order valence-electron chi connectivity index (χ1n) is 6.96. The lowest BCUT2D eigenvalue weighted by Gasteiger charge is -2.28. The maximum atomic E-state index is 11.4. The fraction of sp³-hybridized carbons (Fsp3) is 0.400. The Hall–Kier alpha value is -1.62. The lowest BCUT2D eigenvalue weighted by Crippen LogP contribution is -2.38. The average molecular weight is 288 g/mol. The van der Waals surface area contributed by atoms with Crippen molar-refractivity contribution < 1.29 is 8.42 Å². The summed E-state index contributed by atoms with van der Waals surface area (Å²) in [6.07, 6.45) is 4.20. The Morgan fingerprint density at radius 2 is 1.80 bits per heavy atom. The number of benzene rings is 1. The van der Waals surface area contributed by atoms with E-state index in [9.17, 15) is 8.42 Å². The first kappa shape index (κ1) is 12.1. The molecule has 2 heterocycles. The van der Waals surface area contributed by atoms with E-state index in [2.05, 4.69) is 21.7 Å². The average Bonchev–Trinajstić information content (AvgIpc) is 3.16. The third kappa shape index (κ3) is 1.97. The van der Waals surface area contributed by atoms with Crippen molar-refractivity contribution in [3.63, 3.8) is 0 Å². The van der Waals surface area contributed by atoms with Gasteiger partial charge in [-0.2, -0.15) is 0 Å². The minimum absolute atomic E-state index is 0.0839. The predicted molar refractivity (Wildman–Crippen MR) is 77.3 cm³/mol. The van der Waals surface area contributed by atoms with E-state index in [0.717, 1.165) is 11.3 Å². The van der Waals surface area contributed by atoms with Crippen molar-refractivity contribution in [1.82, 2.24) is 9.55 Å². The minimum atomic E-state index is -2.80. The molecule has 20 heavy (non-hydrogen) atoms. The summed E-state index contributed by atoms with van der Waals surface area (Å²) in [7, 11) is -2.80. The summed E-state index contributed by atoms with van der Waals surface area (Å²) in [5.74, 6) is 1.07. The zero-order valence-corrected chi connectivity index (χ0v) is 11.9. The lowest BCUT2D eigenvalue weighted by molar-refractivity contribution is 0.497. The highest BCUT2D eigenvalue weighted by molar-refractivity contribution is 7.92. The lowest BCUT2D eigenvalue weighted by atomic mass is 10.1. The van der Waals surface area contributed by atoms with Crippen molar-refractivity contribution in [1.29, 1.82) is 0 Å². The van der Waals surface area contributed by atoms with Gasteiger partial charge in [0.15, 0.2) is 9.84 Å². The molecule has 1 aromatic carbocycles. The van der Waals surface area contributed by atoms with E-state index in [1.807, 2.05) is 24.5 Å². The molecule has 2 aromatic rings. The molecule has 0 atom stereocenters. The van der Waals surface area contributed by atoms with Crippen LogP contribution < -0.4 is 0 Å². The van der Waals surface area contributed by atoms with E-state index in [4.69, 9.17) is 0 Å². The first-order chi connectivity index (χ1) is 9.64. The maximum absolute atomic E-state index is 11.4. The van der Waals surface area contributed by atoms with Gasteiger partial charge in [0.25, 0.3) is 0 Å². The fourth-order valence-corrected chi connectivity index (χ4v) is 4.33. The SMILES string of the molecule is O=S1(=O)CC(n2cnc(-c3ccccc3)c2C2CC2)C1. The molecule has 104 valence electrons. The van der Waals surface area contributed by atoms with Gasteiger partial charge in [-0.25, -0.2) is 13.4 Å². The van der Waals surface area contributed by atoms with E-state index < -0.39 is 9.84 Å². The van der Waals surface area contributed by atoms with Crippen LogP contribution in [0.2, 0.25) is 0 Å². The fourth-order valence-electron chi connectivity index (χ4n) is 2.94. The molecule has 4 nitrogen and oxygen atoms in total. The largest absolute Gasteiger partial charge is 0.329 e. The third-order valence-electron chi connectivity index (χ3n) is 4.13. The van der Waals surface area contributed by atoms with Crippen molar-refractivity contribution >= 4 is 9.84 Å². The van der Waals surface area contributed by atoms with Crippen LogP contribution in [0.4, 0.5) is 0 Å². The summed E-state index contributed by atoms with van der Waals surface area (Å²) in [4.78, 5) is 4.57. The Kier molecular flexibility index (Phi) is 2.54. The number of hydrogen-bond donors (Lipinski definition) is 0. The summed E-state index contributed by atoms with van der Waals surface area (Å²) in [6, 6.07) is 10.2. The molecule has 1 aliphatic heterocycles. The van der Waals surface area contributed by atoms with E-state index in [0.29, 0.717) is 5.92 Å². The molecular formula is C15H16N2O2S. The molecule has 4 rings (SSSR count). The molecule has 0 unspecified atom stereocenters. The van der Waals surface area contributed by atoms with Crippen LogP contribution in [0, 0.1) is 0 Å². The van der Waals surface area contributed by atoms with Gasteiger partial charge in [-0.05, 0) is 12.8 Å². The van der Waals surface area contributed by atoms with E-state index in [1.54, 1.807) is 0 Å². The third-order valence-corrected chi connectivity index (χ3v) is 5.91. The van der Waals surface area contributed by atoms with Gasteiger partial charge in [0.05, 0.1) is 29.6 Å². The highest BCUT2D eigenvalue weighted by Gasteiger charge is 2.39. The Labute approximate surface area is 118 Å². The molecule has 5 heteroatoms. The molecule has 0 bridgehead atoms. The van der Waals surface area contributed by atoms with Crippen LogP contribution in [0.1, 0.15) is 30.5 Å². The van der Waals surface area contributed by atoms with Gasteiger partial charge in [-0.1, -0.05) is 30.3 Å². The van der Waals surface area contributed by atoms with Gasteiger partial charge in [0.2, 0.25) is 0 Å². The molecule has 0 radical (unpaired) electrons. The van der Waals surface area contributed by atoms with Crippen LogP contribution in [-0.4, -0.2) is 29.5 Å². The smallest absolute Gasteiger partial charge is 0.154 e. The molecular weight excluding hydrogens is 272 g/mol. The Bertz CT molecular complexity index is 733. The van der Waals surface area contributed by atoms with Gasteiger partial charge in [-0.3, -0.25) is 0 Å². The topological polar surface area (TPSA) is 52.0 Å². The van der Waals surface area contributed by atoms with Gasteiger partial charge in [0, 0.05) is 17.2 Å². The number of nitrogens with zero attached hydrogens (tertiary/aromatic N) is 2. The summed E-state index contributed by atoms with van der Waals surface area (Å²) in [6.45, 7) is 0. The number of rotatable bonds is 3. The number of aromatic nitrogens is 2. The molecule has 0 spiro atoms. The number of hydrogen-bond acceptors (Lipinski definition) is 3. The molecule has 1 saturated carbocycles. The quantitative estimate of drug-likeness (QED) is 0.871. The number of imidazole rings is 1. The second-order valence-corrected chi connectivity index (χ2v) is 7.91. The van der Waals surface area contributed by atoms with E-state index in [-0.39, 0.29) is 17.5 Å². The van der Waals surface area contributed by atoms with Crippen LogP contribution >= 0.6 is 0 Å². The monoisotopic (exact) mass is 288 g/mol. The summed E-state index contributed by atoms with van der Waals surface area (Å²) < 4.78 is 24.9. The van der Waals surface area contributed by atoms with Gasteiger partial charge in [-0.15, -0.1) is 0 Å². The van der Waals surface area contributed by atoms with Gasteiger partial charge < -0.3 is 4.57 Å². The molecule has 2 aliphatic rings. The Balaban J connectivity index is 1.76. The van der Waals surface area contributed by atoms with E-state index >= 15 is 0 Å². The van der Waals surface area contributed by atoms with Gasteiger partial charge >= 0.3 is 0 Å². The van der Waals surface area contributed by atoms with E-state index in [1.165, 1.54) is 18.5 Å². The van der Waals surface area contributed by atoms with Crippen molar-refractivity contribution in [3.8, 4) is 11.3 Å². The highest BCUT2D eigenvalue weighted by Crippen LogP contribution is 2.45. The van der Waals surface area contributed by atoms with Crippen molar-refractivity contribution in [3.05, 3.63) is 42.4 Å². The first-order valence-corrected chi connectivity index (χ1v) is 8.79. The zero-order valence-electron chi connectivity index (χ0n) is 11.1. The molecule has 1 aromatic heterocycles.